The third kappa shape index (κ3) is 1.52. The molecule has 0 nitrogen and oxygen atoms in total. The Morgan fingerprint density at radius 3 is 2.60 bits per heavy atom. The lowest BCUT2D eigenvalue weighted by atomic mass is 9.74. The lowest BCUT2D eigenvalue weighted by molar-refractivity contribution is 0.378. The standard InChI is InChI=1S/C14H18S/c1-11-14(15-11)10-6-5-9-13(14)12-7-3-2-4-8-12/h2-4,7-8,11,13H,5-6,9-10H2,1H3. The van der Waals surface area contributed by atoms with Crippen molar-refractivity contribution >= 4 is 11.8 Å². The Balaban J connectivity index is 1.91. The number of rotatable bonds is 1. The molecule has 1 heteroatoms. The molecule has 3 atom stereocenters. The molecule has 1 aliphatic carbocycles. The van der Waals surface area contributed by atoms with Crippen molar-refractivity contribution in [3.8, 4) is 0 Å². The molecular weight excluding hydrogens is 200 g/mol. The van der Waals surface area contributed by atoms with Gasteiger partial charge in [-0.3, -0.25) is 0 Å². The number of hydrogen-bond acceptors (Lipinski definition) is 1. The molecule has 1 aliphatic heterocycles. The fourth-order valence-electron chi connectivity index (χ4n) is 3.23. The van der Waals surface area contributed by atoms with Gasteiger partial charge < -0.3 is 0 Å². The van der Waals surface area contributed by atoms with E-state index in [9.17, 15) is 0 Å². The number of hydrogen-bond donors (Lipinski definition) is 0. The first kappa shape index (κ1) is 9.77. The second-order valence-electron chi connectivity index (χ2n) is 4.92. The summed E-state index contributed by atoms with van der Waals surface area (Å²) in [6.45, 7) is 2.41. The van der Waals surface area contributed by atoms with E-state index < -0.39 is 0 Å². The van der Waals surface area contributed by atoms with Gasteiger partial charge in [0.1, 0.15) is 0 Å². The van der Waals surface area contributed by atoms with Crippen LogP contribution >= 0.6 is 11.8 Å². The molecule has 1 spiro atoms. The predicted molar refractivity (Wildman–Crippen MR) is 67.4 cm³/mol. The minimum atomic E-state index is 0.625. The molecule has 1 heterocycles. The fourth-order valence-corrected chi connectivity index (χ4v) is 4.78. The van der Waals surface area contributed by atoms with Crippen LogP contribution in [0.3, 0.4) is 0 Å². The Morgan fingerprint density at radius 1 is 1.20 bits per heavy atom. The summed E-state index contributed by atoms with van der Waals surface area (Å²) in [5, 5.41) is 0.892. The lowest BCUT2D eigenvalue weighted by Crippen LogP contribution is -2.27. The fraction of sp³-hybridized carbons (Fsp3) is 0.571. The van der Waals surface area contributed by atoms with Gasteiger partial charge in [0.05, 0.1) is 0 Å². The van der Waals surface area contributed by atoms with Crippen LogP contribution in [0.25, 0.3) is 0 Å². The Labute approximate surface area is 96.5 Å². The Bertz CT molecular complexity index is 346. The van der Waals surface area contributed by atoms with Crippen LogP contribution < -0.4 is 0 Å². The van der Waals surface area contributed by atoms with E-state index in [1.165, 1.54) is 25.7 Å². The molecule has 0 aromatic heterocycles. The van der Waals surface area contributed by atoms with Crippen LogP contribution in [-0.2, 0) is 0 Å². The first-order valence-corrected chi connectivity index (χ1v) is 6.94. The average molecular weight is 218 g/mol. The first-order valence-electron chi connectivity index (χ1n) is 6.06. The zero-order valence-electron chi connectivity index (χ0n) is 9.28. The van der Waals surface area contributed by atoms with E-state index in [1.807, 2.05) is 0 Å². The van der Waals surface area contributed by atoms with Crippen LogP contribution in [0.4, 0.5) is 0 Å². The van der Waals surface area contributed by atoms with E-state index in [0.717, 1.165) is 11.2 Å². The molecule has 80 valence electrons. The zero-order valence-corrected chi connectivity index (χ0v) is 10.1. The monoisotopic (exact) mass is 218 g/mol. The van der Waals surface area contributed by atoms with Gasteiger partial charge in [0.15, 0.2) is 0 Å². The van der Waals surface area contributed by atoms with Crippen molar-refractivity contribution in [1.29, 1.82) is 0 Å². The summed E-state index contributed by atoms with van der Waals surface area (Å²) in [6.07, 6.45) is 5.72. The molecule has 0 bridgehead atoms. The largest absolute Gasteiger partial charge is 0.149 e. The molecule has 0 amide bonds. The van der Waals surface area contributed by atoms with Crippen molar-refractivity contribution in [3.63, 3.8) is 0 Å². The second-order valence-corrected chi connectivity index (χ2v) is 6.63. The summed E-state index contributed by atoms with van der Waals surface area (Å²) in [5.41, 5.74) is 1.58. The van der Waals surface area contributed by atoms with E-state index >= 15 is 0 Å². The molecule has 0 N–H and O–H groups in total. The van der Waals surface area contributed by atoms with Gasteiger partial charge in [-0.2, -0.15) is 0 Å². The van der Waals surface area contributed by atoms with Crippen LogP contribution in [0, 0.1) is 0 Å². The van der Waals surface area contributed by atoms with Crippen molar-refractivity contribution < 1.29 is 0 Å². The molecule has 0 radical (unpaired) electrons. The summed E-state index contributed by atoms with van der Waals surface area (Å²) in [4.78, 5) is 0. The van der Waals surface area contributed by atoms with E-state index in [4.69, 9.17) is 0 Å². The third-order valence-electron chi connectivity index (χ3n) is 4.13. The summed E-state index contributed by atoms with van der Waals surface area (Å²) in [7, 11) is 0. The molecule has 15 heavy (non-hydrogen) atoms. The van der Waals surface area contributed by atoms with Gasteiger partial charge in [-0.15, -0.1) is 11.8 Å². The summed E-state index contributed by atoms with van der Waals surface area (Å²) in [6, 6.07) is 11.2. The first-order chi connectivity index (χ1) is 7.33. The molecular formula is C14H18S. The van der Waals surface area contributed by atoms with Crippen LogP contribution in [0.5, 0.6) is 0 Å². The highest BCUT2D eigenvalue weighted by Crippen LogP contribution is 2.66. The van der Waals surface area contributed by atoms with Crippen LogP contribution in [0.15, 0.2) is 30.3 Å². The molecule has 1 saturated carbocycles. The Hall–Kier alpha value is -0.430. The van der Waals surface area contributed by atoms with Crippen LogP contribution in [0.2, 0.25) is 0 Å². The average Bonchev–Trinajstić information content (AvgIpc) is 2.91. The predicted octanol–water partition coefficient (Wildman–Crippen LogP) is 4.22. The Morgan fingerprint density at radius 2 is 1.93 bits per heavy atom. The normalized spacial score (nSPS) is 39.3. The summed E-state index contributed by atoms with van der Waals surface area (Å²) >= 11 is 2.22. The molecule has 2 fully saturated rings. The van der Waals surface area contributed by atoms with Crippen LogP contribution in [-0.4, -0.2) is 10.00 Å². The molecule has 1 saturated heterocycles. The van der Waals surface area contributed by atoms with Crippen molar-refractivity contribution in [2.75, 3.05) is 0 Å². The minimum Gasteiger partial charge on any atom is -0.149 e. The van der Waals surface area contributed by atoms with E-state index in [2.05, 4.69) is 49.0 Å². The minimum absolute atomic E-state index is 0.625. The molecule has 1 aromatic rings. The van der Waals surface area contributed by atoms with Gasteiger partial charge in [-0.05, 0) is 24.3 Å². The Kier molecular flexibility index (Phi) is 2.31. The SMILES string of the molecule is CC1SC12CCCCC2c1ccccc1. The topological polar surface area (TPSA) is 0 Å². The molecule has 1 aromatic carbocycles. The maximum Gasteiger partial charge on any atom is 0.0347 e. The van der Waals surface area contributed by atoms with Crippen molar-refractivity contribution in [2.45, 2.75) is 48.5 Å². The van der Waals surface area contributed by atoms with Crippen molar-refractivity contribution in [1.82, 2.24) is 0 Å². The molecule has 2 aliphatic rings. The van der Waals surface area contributed by atoms with E-state index in [1.54, 1.807) is 5.56 Å². The maximum absolute atomic E-state index is 2.41. The van der Waals surface area contributed by atoms with Gasteiger partial charge in [-0.1, -0.05) is 50.1 Å². The summed E-state index contributed by atoms with van der Waals surface area (Å²) in [5.74, 6) is 0.826. The van der Waals surface area contributed by atoms with Gasteiger partial charge in [0.2, 0.25) is 0 Å². The highest BCUT2D eigenvalue weighted by atomic mass is 32.2. The maximum atomic E-state index is 2.41. The van der Waals surface area contributed by atoms with Crippen LogP contribution in [0.1, 0.15) is 44.1 Å². The molecule has 3 rings (SSSR count). The van der Waals surface area contributed by atoms with Gasteiger partial charge >= 0.3 is 0 Å². The smallest absolute Gasteiger partial charge is 0.0347 e. The van der Waals surface area contributed by atoms with E-state index in [0.29, 0.717) is 4.75 Å². The lowest BCUT2D eigenvalue weighted by Gasteiger charge is -2.31. The van der Waals surface area contributed by atoms with Crippen molar-refractivity contribution in [2.24, 2.45) is 0 Å². The zero-order chi connectivity index (χ0) is 10.3. The number of benzene rings is 1. The number of thioether (sulfide) groups is 1. The van der Waals surface area contributed by atoms with E-state index in [-0.39, 0.29) is 0 Å². The van der Waals surface area contributed by atoms with Gasteiger partial charge in [0, 0.05) is 10.00 Å². The highest BCUT2D eigenvalue weighted by Gasteiger charge is 2.58. The third-order valence-corrected chi connectivity index (χ3v) is 5.93. The second kappa shape index (κ2) is 3.55. The van der Waals surface area contributed by atoms with Gasteiger partial charge in [-0.25, -0.2) is 0 Å². The quantitative estimate of drug-likeness (QED) is 0.636. The molecule has 3 unspecified atom stereocenters. The highest BCUT2D eigenvalue weighted by molar-refractivity contribution is 8.08. The van der Waals surface area contributed by atoms with Gasteiger partial charge in [0.25, 0.3) is 0 Å². The van der Waals surface area contributed by atoms with Crippen molar-refractivity contribution in [3.05, 3.63) is 35.9 Å². The summed E-state index contributed by atoms with van der Waals surface area (Å²) < 4.78 is 0.625.